The van der Waals surface area contributed by atoms with E-state index in [1.807, 2.05) is 4.90 Å². The van der Waals surface area contributed by atoms with Gasteiger partial charge in [0.05, 0.1) is 5.56 Å². The number of likely N-dealkylation sites (tertiary alicyclic amines) is 1. The first-order chi connectivity index (χ1) is 11.7. The highest BCUT2D eigenvalue weighted by atomic mass is 16.2. The lowest BCUT2D eigenvalue weighted by Crippen LogP contribution is -2.43. The van der Waals surface area contributed by atoms with Crippen LogP contribution in [0.15, 0.2) is 47.4 Å². The number of rotatable bonds is 3. The Bertz CT molecular complexity index is 794. The van der Waals surface area contributed by atoms with Crippen LogP contribution in [-0.4, -0.2) is 41.5 Å². The lowest BCUT2D eigenvalue weighted by Gasteiger charge is -2.30. The Morgan fingerprint density at radius 1 is 1.17 bits per heavy atom. The second-order valence-electron chi connectivity index (χ2n) is 6.56. The number of H-pyrrole nitrogens is 1. The first-order valence-electron chi connectivity index (χ1n) is 8.55. The fourth-order valence-corrected chi connectivity index (χ4v) is 3.85. The number of nitrogens with one attached hydrogen (secondary N) is 1. The van der Waals surface area contributed by atoms with Gasteiger partial charge in [-0.15, -0.1) is 0 Å². The van der Waals surface area contributed by atoms with Crippen LogP contribution >= 0.6 is 0 Å². The van der Waals surface area contributed by atoms with Crippen LogP contribution in [0, 0.1) is 0 Å². The van der Waals surface area contributed by atoms with Crippen LogP contribution in [0.4, 0.5) is 5.69 Å². The van der Waals surface area contributed by atoms with Gasteiger partial charge in [0, 0.05) is 43.6 Å². The summed E-state index contributed by atoms with van der Waals surface area (Å²) >= 11 is 0. The van der Waals surface area contributed by atoms with Gasteiger partial charge in [0.25, 0.3) is 5.91 Å². The molecule has 1 amide bonds. The smallest absolute Gasteiger partial charge is 0.255 e. The first-order valence-corrected chi connectivity index (χ1v) is 8.55. The monoisotopic (exact) mass is 323 g/mol. The van der Waals surface area contributed by atoms with Crippen molar-refractivity contribution in [2.75, 3.05) is 24.5 Å². The summed E-state index contributed by atoms with van der Waals surface area (Å²) < 4.78 is 0. The van der Waals surface area contributed by atoms with Crippen LogP contribution in [-0.2, 0) is 6.42 Å². The normalized spacial score (nSPS) is 19.6. The first kappa shape index (κ1) is 15.0. The summed E-state index contributed by atoms with van der Waals surface area (Å²) in [6, 6.07) is 11.8. The van der Waals surface area contributed by atoms with Crippen molar-refractivity contribution in [1.29, 1.82) is 0 Å². The van der Waals surface area contributed by atoms with E-state index in [2.05, 4.69) is 34.1 Å². The summed E-state index contributed by atoms with van der Waals surface area (Å²) in [6.07, 6.45) is 4.67. The number of carbonyl (C=O) groups is 1. The summed E-state index contributed by atoms with van der Waals surface area (Å²) in [4.78, 5) is 30.9. The number of para-hydroxylation sites is 1. The third kappa shape index (κ3) is 2.70. The van der Waals surface area contributed by atoms with Gasteiger partial charge in [0.1, 0.15) is 0 Å². The number of hydrogen-bond donors (Lipinski definition) is 1. The lowest BCUT2D eigenvalue weighted by molar-refractivity contribution is 0.0740. The van der Waals surface area contributed by atoms with Gasteiger partial charge >= 0.3 is 0 Å². The Balaban J connectivity index is 1.50. The van der Waals surface area contributed by atoms with Gasteiger partial charge in [-0.2, -0.15) is 0 Å². The molecule has 24 heavy (non-hydrogen) atoms. The molecule has 0 spiro atoms. The Hall–Kier alpha value is -2.56. The number of aromatic amines is 1. The summed E-state index contributed by atoms with van der Waals surface area (Å²) in [5.74, 6) is 0.0150. The third-order valence-electron chi connectivity index (χ3n) is 5.08. The second kappa shape index (κ2) is 6.15. The SMILES string of the molecule is O=C(c1ccc(=O)[nH]c1)N1CCC[C@@H]1CN1CCc2ccccc21. The molecule has 5 nitrogen and oxygen atoms in total. The highest BCUT2D eigenvalue weighted by molar-refractivity contribution is 5.94. The molecular formula is C19H21N3O2. The number of hydrogen-bond acceptors (Lipinski definition) is 3. The molecule has 0 aliphatic carbocycles. The highest BCUT2D eigenvalue weighted by Crippen LogP contribution is 2.30. The number of aromatic nitrogens is 1. The zero-order valence-corrected chi connectivity index (χ0v) is 13.6. The van der Waals surface area contributed by atoms with Crippen molar-refractivity contribution < 1.29 is 4.79 Å². The molecule has 1 atom stereocenters. The molecule has 1 aromatic carbocycles. The number of amides is 1. The Labute approximate surface area is 140 Å². The van der Waals surface area contributed by atoms with Crippen LogP contribution in [0.3, 0.4) is 0 Å². The molecule has 124 valence electrons. The quantitative estimate of drug-likeness (QED) is 0.940. The number of pyridine rings is 1. The molecule has 2 aliphatic rings. The topological polar surface area (TPSA) is 56.4 Å². The molecule has 0 radical (unpaired) electrons. The van der Waals surface area contributed by atoms with E-state index in [1.165, 1.54) is 23.5 Å². The van der Waals surface area contributed by atoms with E-state index < -0.39 is 0 Å². The van der Waals surface area contributed by atoms with Crippen molar-refractivity contribution >= 4 is 11.6 Å². The maximum Gasteiger partial charge on any atom is 0.255 e. The zero-order valence-electron chi connectivity index (χ0n) is 13.6. The summed E-state index contributed by atoms with van der Waals surface area (Å²) in [5.41, 5.74) is 3.08. The van der Waals surface area contributed by atoms with Crippen LogP contribution in [0.1, 0.15) is 28.8 Å². The highest BCUT2D eigenvalue weighted by Gasteiger charge is 2.32. The van der Waals surface area contributed by atoms with Crippen LogP contribution in [0.5, 0.6) is 0 Å². The predicted molar refractivity (Wildman–Crippen MR) is 93.5 cm³/mol. The summed E-state index contributed by atoms with van der Waals surface area (Å²) in [5, 5.41) is 0. The van der Waals surface area contributed by atoms with E-state index in [9.17, 15) is 9.59 Å². The molecule has 0 saturated carbocycles. The molecule has 3 heterocycles. The van der Waals surface area contributed by atoms with E-state index >= 15 is 0 Å². The van der Waals surface area contributed by atoms with Gasteiger partial charge in [0.2, 0.25) is 5.56 Å². The molecule has 1 fully saturated rings. The molecule has 1 saturated heterocycles. The molecule has 4 rings (SSSR count). The molecule has 2 aromatic rings. The predicted octanol–water partition coefficient (Wildman–Crippen LogP) is 2.04. The Morgan fingerprint density at radius 3 is 2.88 bits per heavy atom. The lowest BCUT2D eigenvalue weighted by atomic mass is 10.1. The van der Waals surface area contributed by atoms with Gasteiger partial charge in [-0.05, 0) is 37.0 Å². The summed E-state index contributed by atoms with van der Waals surface area (Å²) in [7, 11) is 0. The third-order valence-corrected chi connectivity index (χ3v) is 5.08. The molecule has 0 bridgehead atoms. The maximum absolute atomic E-state index is 12.8. The van der Waals surface area contributed by atoms with Crippen molar-refractivity contribution in [2.24, 2.45) is 0 Å². The average molecular weight is 323 g/mol. The fourth-order valence-electron chi connectivity index (χ4n) is 3.85. The van der Waals surface area contributed by atoms with Crippen molar-refractivity contribution in [3.05, 3.63) is 64.1 Å². The Morgan fingerprint density at radius 2 is 2.04 bits per heavy atom. The van der Waals surface area contributed by atoms with Gasteiger partial charge < -0.3 is 14.8 Å². The summed E-state index contributed by atoms with van der Waals surface area (Å²) in [6.45, 7) is 2.70. The van der Waals surface area contributed by atoms with Crippen molar-refractivity contribution in [3.8, 4) is 0 Å². The Kier molecular flexibility index (Phi) is 3.84. The average Bonchev–Trinajstić information content (AvgIpc) is 3.23. The zero-order chi connectivity index (χ0) is 16.5. The fraction of sp³-hybridized carbons (Fsp3) is 0.368. The van der Waals surface area contributed by atoms with E-state index in [0.717, 1.165) is 38.9 Å². The van der Waals surface area contributed by atoms with E-state index in [4.69, 9.17) is 0 Å². The number of anilines is 1. The van der Waals surface area contributed by atoms with Crippen LogP contribution < -0.4 is 10.5 Å². The number of nitrogens with zero attached hydrogens (tertiary/aromatic N) is 2. The van der Waals surface area contributed by atoms with Crippen molar-refractivity contribution in [2.45, 2.75) is 25.3 Å². The van der Waals surface area contributed by atoms with E-state index in [-0.39, 0.29) is 17.5 Å². The van der Waals surface area contributed by atoms with Gasteiger partial charge in [-0.25, -0.2) is 0 Å². The van der Waals surface area contributed by atoms with Crippen molar-refractivity contribution in [3.63, 3.8) is 0 Å². The minimum Gasteiger partial charge on any atom is -0.369 e. The minimum absolute atomic E-state index is 0.0150. The second-order valence-corrected chi connectivity index (χ2v) is 6.56. The molecule has 1 N–H and O–H groups in total. The number of carbonyl (C=O) groups excluding carboxylic acids is 1. The molecule has 5 heteroatoms. The van der Waals surface area contributed by atoms with Gasteiger partial charge in [-0.3, -0.25) is 9.59 Å². The standard InChI is InChI=1S/C19H21N3O2/c23-18-8-7-15(12-20-18)19(24)22-10-3-5-16(22)13-21-11-9-14-4-1-2-6-17(14)21/h1-2,4,6-8,12,16H,3,5,9-11,13H2,(H,20,23)/t16-/m1/s1. The van der Waals surface area contributed by atoms with E-state index in [0.29, 0.717) is 5.56 Å². The molecular weight excluding hydrogens is 302 g/mol. The number of fused-ring (bicyclic) bond motifs is 1. The maximum atomic E-state index is 12.8. The van der Waals surface area contributed by atoms with Crippen LogP contribution in [0.25, 0.3) is 0 Å². The van der Waals surface area contributed by atoms with Crippen molar-refractivity contribution in [1.82, 2.24) is 9.88 Å². The van der Waals surface area contributed by atoms with E-state index in [1.54, 1.807) is 6.07 Å². The number of benzene rings is 1. The largest absolute Gasteiger partial charge is 0.369 e. The minimum atomic E-state index is -0.182. The molecule has 1 aromatic heterocycles. The van der Waals surface area contributed by atoms with Crippen LogP contribution in [0.2, 0.25) is 0 Å². The van der Waals surface area contributed by atoms with Gasteiger partial charge in [0.15, 0.2) is 0 Å². The van der Waals surface area contributed by atoms with Gasteiger partial charge in [-0.1, -0.05) is 18.2 Å². The molecule has 0 unspecified atom stereocenters. The molecule has 2 aliphatic heterocycles.